The SMILES string of the molecule is Nc1cc(N)c(OCC2CCCO2)c(C(F)(F)F)c1. The van der Waals surface area contributed by atoms with Crippen LogP contribution < -0.4 is 16.2 Å². The summed E-state index contributed by atoms with van der Waals surface area (Å²) in [4.78, 5) is 0. The van der Waals surface area contributed by atoms with E-state index in [1.165, 1.54) is 6.07 Å². The Kier molecular flexibility index (Phi) is 3.75. The highest BCUT2D eigenvalue weighted by atomic mass is 19.4. The predicted octanol–water partition coefficient (Wildman–Crippen LogP) is 2.43. The van der Waals surface area contributed by atoms with Crippen molar-refractivity contribution in [3.63, 3.8) is 0 Å². The number of benzene rings is 1. The summed E-state index contributed by atoms with van der Waals surface area (Å²) in [5.41, 5.74) is 9.82. The summed E-state index contributed by atoms with van der Waals surface area (Å²) >= 11 is 0. The van der Waals surface area contributed by atoms with Crippen molar-refractivity contribution in [2.75, 3.05) is 24.7 Å². The zero-order chi connectivity index (χ0) is 14.0. The van der Waals surface area contributed by atoms with Gasteiger partial charge in [-0.3, -0.25) is 0 Å². The van der Waals surface area contributed by atoms with Gasteiger partial charge in [0.15, 0.2) is 5.75 Å². The first-order chi connectivity index (χ1) is 8.88. The molecule has 106 valence electrons. The number of halogens is 3. The van der Waals surface area contributed by atoms with Gasteiger partial charge < -0.3 is 20.9 Å². The van der Waals surface area contributed by atoms with Crippen LogP contribution in [-0.2, 0) is 10.9 Å². The normalized spacial score (nSPS) is 19.6. The summed E-state index contributed by atoms with van der Waals surface area (Å²) in [7, 11) is 0. The van der Waals surface area contributed by atoms with E-state index in [0.717, 1.165) is 18.9 Å². The van der Waals surface area contributed by atoms with Crippen LogP contribution in [-0.4, -0.2) is 19.3 Å². The fourth-order valence-corrected chi connectivity index (χ4v) is 2.00. The molecule has 19 heavy (non-hydrogen) atoms. The molecule has 0 saturated carbocycles. The first-order valence-corrected chi connectivity index (χ1v) is 5.88. The number of hydrogen-bond acceptors (Lipinski definition) is 4. The number of alkyl halides is 3. The van der Waals surface area contributed by atoms with E-state index in [4.69, 9.17) is 20.9 Å². The fourth-order valence-electron chi connectivity index (χ4n) is 2.00. The maximum Gasteiger partial charge on any atom is 0.420 e. The van der Waals surface area contributed by atoms with E-state index in [0.29, 0.717) is 6.61 Å². The van der Waals surface area contributed by atoms with Crippen molar-refractivity contribution in [1.82, 2.24) is 0 Å². The summed E-state index contributed by atoms with van der Waals surface area (Å²) < 4.78 is 49.2. The Hall–Kier alpha value is -1.63. The number of ether oxygens (including phenoxy) is 2. The minimum Gasteiger partial charge on any atom is -0.488 e. The smallest absolute Gasteiger partial charge is 0.420 e. The minimum absolute atomic E-state index is 0.0470. The minimum atomic E-state index is -4.56. The molecule has 7 heteroatoms. The van der Waals surface area contributed by atoms with Gasteiger partial charge in [0.05, 0.1) is 11.8 Å². The van der Waals surface area contributed by atoms with Gasteiger partial charge in [0.2, 0.25) is 0 Å². The van der Waals surface area contributed by atoms with E-state index >= 15 is 0 Å². The van der Waals surface area contributed by atoms with Crippen LogP contribution >= 0.6 is 0 Å². The van der Waals surface area contributed by atoms with E-state index in [2.05, 4.69) is 0 Å². The molecular formula is C12H15F3N2O2. The number of rotatable bonds is 3. The summed E-state index contributed by atoms with van der Waals surface area (Å²) in [6.07, 6.45) is -3.08. The van der Waals surface area contributed by atoms with Crippen LogP contribution in [0, 0.1) is 0 Å². The molecule has 1 unspecified atom stereocenters. The molecule has 0 aliphatic carbocycles. The van der Waals surface area contributed by atoms with Gasteiger partial charge in [0.1, 0.15) is 12.2 Å². The van der Waals surface area contributed by atoms with Crippen LogP contribution in [0.2, 0.25) is 0 Å². The van der Waals surface area contributed by atoms with E-state index in [1.54, 1.807) is 0 Å². The highest BCUT2D eigenvalue weighted by molar-refractivity contribution is 5.65. The molecule has 1 aromatic rings. The molecule has 1 heterocycles. The Morgan fingerprint density at radius 2 is 2.05 bits per heavy atom. The highest BCUT2D eigenvalue weighted by Crippen LogP contribution is 2.41. The average Bonchev–Trinajstić information content (AvgIpc) is 2.78. The van der Waals surface area contributed by atoms with Crippen molar-refractivity contribution in [2.24, 2.45) is 0 Å². The lowest BCUT2D eigenvalue weighted by molar-refractivity contribution is -0.139. The lowest BCUT2D eigenvalue weighted by atomic mass is 10.1. The van der Waals surface area contributed by atoms with Gasteiger partial charge in [-0.15, -0.1) is 0 Å². The Bertz CT molecular complexity index is 457. The number of nitrogens with two attached hydrogens (primary N) is 2. The van der Waals surface area contributed by atoms with Gasteiger partial charge in [-0.1, -0.05) is 0 Å². The van der Waals surface area contributed by atoms with E-state index in [1.807, 2.05) is 0 Å². The van der Waals surface area contributed by atoms with Gasteiger partial charge in [-0.05, 0) is 25.0 Å². The molecule has 0 radical (unpaired) electrons. The van der Waals surface area contributed by atoms with Crippen molar-refractivity contribution < 1.29 is 22.6 Å². The van der Waals surface area contributed by atoms with Crippen molar-refractivity contribution in [2.45, 2.75) is 25.1 Å². The van der Waals surface area contributed by atoms with E-state index in [9.17, 15) is 13.2 Å². The van der Waals surface area contributed by atoms with Gasteiger partial charge in [-0.25, -0.2) is 0 Å². The molecule has 1 saturated heterocycles. The third-order valence-electron chi connectivity index (χ3n) is 2.88. The Balaban J connectivity index is 2.22. The molecule has 0 spiro atoms. The summed E-state index contributed by atoms with van der Waals surface area (Å²) in [6.45, 7) is 0.661. The van der Waals surface area contributed by atoms with Crippen LogP contribution in [0.5, 0.6) is 5.75 Å². The third-order valence-corrected chi connectivity index (χ3v) is 2.88. The summed E-state index contributed by atoms with van der Waals surface area (Å²) in [5, 5.41) is 0. The van der Waals surface area contributed by atoms with E-state index < -0.39 is 11.7 Å². The first-order valence-electron chi connectivity index (χ1n) is 5.88. The molecule has 1 atom stereocenters. The maximum absolute atomic E-state index is 12.9. The van der Waals surface area contributed by atoms with Gasteiger partial charge in [0, 0.05) is 12.3 Å². The Morgan fingerprint density at radius 3 is 2.63 bits per heavy atom. The van der Waals surface area contributed by atoms with Crippen LogP contribution in [0.3, 0.4) is 0 Å². The zero-order valence-electron chi connectivity index (χ0n) is 10.2. The second kappa shape index (κ2) is 5.16. The Labute approximate surface area is 108 Å². The van der Waals surface area contributed by atoms with Gasteiger partial charge in [-0.2, -0.15) is 13.2 Å². The first kappa shape index (κ1) is 13.8. The molecule has 1 aliphatic heterocycles. The molecule has 2 rings (SSSR count). The fraction of sp³-hybridized carbons (Fsp3) is 0.500. The molecule has 0 aromatic heterocycles. The van der Waals surface area contributed by atoms with Gasteiger partial charge >= 0.3 is 6.18 Å². The maximum atomic E-state index is 12.9. The molecule has 1 fully saturated rings. The summed E-state index contributed by atoms with van der Waals surface area (Å²) in [6, 6.07) is 2.07. The second-order valence-electron chi connectivity index (χ2n) is 4.43. The standard InChI is InChI=1S/C12H15F3N2O2/c13-12(14,15)9-4-7(16)5-10(17)11(9)19-6-8-2-1-3-18-8/h4-5,8H,1-3,6,16-17H2. The lowest BCUT2D eigenvalue weighted by Crippen LogP contribution is -2.19. The molecule has 1 aromatic carbocycles. The number of hydrogen-bond donors (Lipinski definition) is 2. The van der Waals surface area contributed by atoms with Crippen molar-refractivity contribution in [1.29, 1.82) is 0 Å². The van der Waals surface area contributed by atoms with Crippen molar-refractivity contribution in [3.8, 4) is 5.75 Å². The van der Waals surface area contributed by atoms with Crippen molar-refractivity contribution in [3.05, 3.63) is 17.7 Å². The van der Waals surface area contributed by atoms with E-state index in [-0.39, 0.29) is 29.8 Å². The zero-order valence-corrected chi connectivity index (χ0v) is 10.2. The molecule has 4 N–H and O–H groups in total. The molecular weight excluding hydrogens is 261 g/mol. The Morgan fingerprint density at radius 1 is 1.32 bits per heavy atom. The molecule has 0 bridgehead atoms. The van der Waals surface area contributed by atoms with Gasteiger partial charge in [0.25, 0.3) is 0 Å². The van der Waals surface area contributed by atoms with Crippen LogP contribution in [0.15, 0.2) is 12.1 Å². The highest BCUT2D eigenvalue weighted by Gasteiger charge is 2.36. The monoisotopic (exact) mass is 276 g/mol. The van der Waals surface area contributed by atoms with Crippen LogP contribution in [0.4, 0.5) is 24.5 Å². The quantitative estimate of drug-likeness (QED) is 0.832. The average molecular weight is 276 g/mol. The van der Waals surface area contributed by atoms with Crippen LogP contribution in [0.1, 0.15) is 18.4 Å². The lowest BCUT2D eigenvalue weighted by Gasteiger charge is -2.18. The molecule has 0 amide bonds. The summed E-state index contributed by atoms with van der Waals surface area (Å²) in [5.74, 6) is -0.378. The predicted molar refractivity (Wildman–Crippen MR) is 64.7 cm³/mol. The van der Waals surface area contributed by atoms with Crippen LogP contribution in [0.25, 0.3) is 0 Å². The molecule has 4 nitrogen and oxygen atoms in total. The number of nitrogen functional groups attached to an aromatic ring is 2. The molecule has 1 aliphatic rings. The second-order valence-corrected chi connectivity index (χ2v) is 4.43. The van der Waals surface area contributed by atoms with Crippen molar-refractivity contribution >= 4 is 11.4 Å². The topological polar surface area (TPSA) is 70.5 Å². The largest absolute Gasteiger partial charge is 0.488 e. The third kappa shape index (κ3) is 3.23. The number of anilines is 2.